The first-order chi connectivity index (χ1) is 16.2. The van der Waals surface area contributed by atoms with Gasteiger partial charge in [-0.3, -0.25) is 9.59 Å². The predicted octanol–water partition coefficient (Wildman–Crippen LogP) is 3.95. The van der Waals surface area contributed by atoms with E-state index >= 15 is 0 Å². The number of ketones is 1. The van der Waals surface area contributed by atoms with Crippen LogP contribution in [0.3, 0.4) is 0 Å². The summed E-state index contributed by atoms with van der Waals surface area (Å²) in [5.74, 6) is -0.473. The van der Waals surface area contributed by atoms with E-state index < -0.39 is 10.0 Å². The minimum Gasteiger partial charge on any atom is -0.373 e. The van der Waals surface area contributed by atoms with E-state index in [2.05, 4.69) is 5.32 Å². The van der Waals surface area contributed by atoms with Crippen molar-refractivity contribution in [1.29, 1.82) is 0 Å². The molecule has 0 saturated carbocycles. The molecule has 1 saturated heterocycles. The minimum absolute atomic E-state index is 0.0958. The number of hydrogen-bond donors (Lipinski definition) is 1. The standard InChI is InChI=1S/C26H24N2O5S/c1-16-14-28(15-17(2)33-16)34(31,32)20-10-8-19(9-11-20)27-26(30)18-7-12-22-21-5-3-4-6-23(21)25(29)24(22)13-18/h3-13,16-17H,14-15H2,1-2H3,(H,27,30)/t16-,17-/m0/s1. The van der Waals surface area contributed by atoms with Crippen molar-refractivity contribution in [3.05, 3.63) is 83.4 Å². The number of hydrogen-bond acceptors (Lipinski definition) is 5. The summed E-state index contributed by atoms with van der Waals surface area (Å²) >= 11 is 0. The number of carbonyl (C=O) groups excluding carboxylic acids is 2. The zero-order valence-electron chi connectivity index (χ0n) is 18.8. The van der Waals surface area contributed by atoms with Gasteiger partial charge in [-0.05, 0) is 61.4 Å². The molecule has 1 heterocycles. The molecule has 0 aromatic heterocycles. The fourth-order valence-corrected chi connectivity index (χ4v) is 6.15. The Morgan fingerprint density at radius 1 is 0.882 bits per heavy atom. The molecule has 2 atom stereocenters. The fourth-order valence-electron chi connectivity index (χ4n) is 4.56. The van der Waals surface area contributed by atoms with E-state index in [1.54, 1.807) is 36.4 Å². The molecule has 0 spiro atoms. The third kappa shape index (κ3) is 3.94. The van der Waals surface area contributed by atoms with Crippen molar-refractivity contribution in [2.24, 2.45) is 0 Å². The number of morpholine rings is 1. The molecule has 34 heavy (non-hydrogen) atoms. The molecular formula is C26H24N2O5S. The summed E-state index contributed by atoms with van der Waals surface area (Å²) in [6.07, 6.45) is -0.354. The van der Waals surface area contributed by atoms with Crippen LogP contribution in [0.25, 0.3) is 11.1 Å². The number of benzene rings is 3. The van der Waals surface area contributed by atoms with Crippen molar-refractivity contribution < 1.29 is 22.7 Å². The highest BCUT2D eigenvalue weighted by atomic mass is 32.2. The summed E-state index contributed by atoms with van der Waals surface area (Å²) in [5.41, 5.74) is 3.64. The van der Waals surface area contributed by atoms with Gasteiger partial charge in [-0.1, -0.05) is 30.3 Å². The lowest BCUT2D eigenvalue weighted by Crippen LogP contribution is -2.48. The molecule has 174 valence electrons. The van der Waals surface area contributed by atoms with Gasteiger partial charge in [0.15, 0.2) is 5.78 Å². The molecule has 0 radical (unpaired) electrons. The van der Waals surface area contributed by atoms with Crippen LogP contribution in [0.4, 0.5) is 5.69 Å². The minimum atomic E-state index is -3.66. The Balaban J connectivity index is 1.32. The second-order valence-corrected chi connectivity index (χ2v) is 10.6. The Labute approximate surface area is 198 Å². The predicted molar refractivity (Wildman–Crippen MR) is 128 cm³/mol. The van der Waals surface area contributed by atoms with Crippen molar-refractivity contribution in [2.45, 2.75) is 31.0 Å². The number of rotatable bonds is 4. The van der Waals surface area contributed by atoms with Crippen LogP contribution in [-0.4, -0.2) is 49.7 Å². The maximum Gasteiger partial charge on any atom is 0.255 e. The summed E-state index contributed by atoms with van der Waals surface area (Å²) in [7, 11) is -3.66. The number of fused-ring (bicyclic) bond motifs is 3. The van der Waals surface area contributed by atoms with Crippen molar-refractivity contribution in [2.75, 3.05) is 18.4 Å². The van der Waals surface area contributed by atoms with E-state index in [0.717, 1.165) is 11.1 Å². The molecule has 7 nitrogen and oxygen atoms in total. The highest BCUT2D eigenvalue weighted by molar-refractivity contribution is 7.89. The first-order valence-corrected chi connectivity index (χ1v) is 12.5. The second kappa shape index (κ2) is 8.47. The van der Waals surface area contributed by atoms with Crippen LogP contribution in [0, 0.1) is 0 Å². The third-order valence-corrected chi connectivity index (χ3v) is 7.97. The Bertz CT molecular complexity index is 1390. The lowest BCUT2D eigenvalue weighted by molar-refractivity contribution is -0.0440. The molecule has 3 aromatic carbocycles. The van der Waals surface area contributed by atoms with Crippen LogP contribution in [0.1, 0.15) is 40.1 Å². The second-order valence-electron chi connectivity index (χ2n) is 8.69. The van der Waals surface area contributed by atoms with Gasteiger partial charge in [-0.15, -0.1) is 0 Å². The molecule has 1 amide bonds. The largest absolute Gasteiger partial charge is 0.373 e. The summed E-state index contributed by atoms with van der Waals surface area (Å²) < 4.78 is 33.1. The first-order valence-electron chi connectivity index (χ1n) is 11.1. The van der Waals surface area contributed by atoms with Gasteiger partial charge in [0.25, 0.3) is 5.91 Å². The highest BCUT2D eigenvalue weighted by Gasteiger charge is 2.32. The van der Waals surface area contributed by atoms with Crippen LogP contribution < -0.4 is 5.32 Å². The maximum atomic E-state index is 13.0. The van der Waals surface area contributed by atoms with Gasteiger partial charge in [0.1, 0.15) is 0 Å². The van der Waals surface area contributed by atoms with E-state index in [1.807, 2.05) is 32.0 Å². The van der Waals surface area contributed by atoms with Gasteiger partial charge in [-0.2, -0.15) is 4.31 Å². The number of nitrogens with zero attached hydrogens (tertiary/aromatic N) is 1. The van der Waals surface area contributed by atoms with Crippen molar-refractivity contribution >= 4 is 27.4 Å². The molecule has 1 aliphatic heterocycles. The van der Waals surface area contributed by atoms with E-state index in [0.29, 0.717) is 35.5 Å². The SMILES string of the molecule is C[C@H]1CN(S(=O)(=O)c2ccc(NC(=O)c3ccc4c(c3)C(=O)c3ccccc3-4)cc2)C[C@H](C)O1. The molecule has 0 bridgehead atoms. The van der Waals surface area contributed by atoms with Gasteiger partial charge in [0, 0.05) is 35.5 Å². The molecule has 1 N–H and O–H groups in total. The molecule has 3 aromatic rings. The van der Waals surface area contributed by atoms with Crippen molar-refractivity contribution in [3.63, 3.8) is 0 Å². The maximum absolute atomic E-state index is 13.0. The Morgan fingerprint density at radius 2 is 1.50 bits per heavy atom. The van der Waals surface area contributed by atoms with Crippen molar-refractivity contribution in [3.8, 4) is 11.1 Å². The molecule has 1 fully saturated rings. The van der Waals surface area contributed by atoms with Gasteiger partial charge >= 0.3 is 0 Å². The highest BCUT2D eigenvalue weighted by Crippen LogP contribution is 2.36. The average molecular weight is 477 g/mol. The summed E-state index contributed by atoms with van der Waals surface area (Å²) in [6.45, 7) is 4.29. The monoisotopic (exact) mass is 476 g/mol. The quantitative estimate of drug-likeness (QED) is 0.482. The molecule has 0 unspecified atom stereocenters. The Kier molecular flexibility index (Phi) is 5.59. The third-order valence-electron chi connectivity index (χ3n) is 6.12. The Hall–Kier alpha value is -3.33. The normalized spacial score (nSPS) is 20.0. The number of ether oxygens (including phenoxy) is 1. The van der Waals surface area contributed by atoms with Crippen LogP contribution in [-0.2, 0) is 14.8 Å². The van der Waals surface area contributed by atoms with Crippen molar-refractivity contribution in [1.82, 2.24) is 4.31 Å². The lowest BCUT2D eigenvalue weighted by Gasteiger charge is -2.34. The topological polar surface area (TPSA) is 92.8 Å². The summed E-state index contributed by atoms with van der Waals surface area (Å²) in [5, 5.41) is 2.78. The zero-order valence-corrected chi connectivity index (χ0v) is 19.6. The summed E-state index contributed by atoms with van der Waals surface area (Å²) in [6, 6.07) is 18.5. The number of nitrogens with one attached hydrogen (secondary N) is 1. The average Bonchev–Trinajstić information content (AvgIpc) is 3.10. The van der Waals surface area contributed by atoms with E-state index in [4.69, 9.17) is 4.74 Å². The summed E-state index contributed by atoms with van der Waals surface area (Å²) in [4.78, 5) is 25.7. The van der Waals surface area contributed by atoms with Gasteiger partial charge in [-0.25, -0.2) is 8.42 Å². The van der Waals surface area contributed by atoms with E-state index in [-0.39, 0.29) is 28.8 Å². The molecule has 1 aliphatic carbocycles. The van der Waals surface area contributed by atoms with E-state index in [9.17, 15) is 18.0 Å². The van der Waals surface area contributed by atoms with Gasteiger partial charge in [0.05, 0.1) is 17.1 Å². The molecule has 8 heteroatoms. The van der Waals surface area contributed by atoms with E-state index in [1.165, 1.54) is 16.4 Å². The fraction of sp³-hybridized carbons (Fsp3) is 0.231. The first kappa shape index (κ1) is 22.5. The van der Waals surface area contributed by atoms with Crippen LogP contribution in [0.5, 0.6) is 0 Å². The van der Waals surface area contributed by atoms with Crippen LogP contribution >= 0.6 is 0 Å². The van der Waals surface area contributed by atoms with Gasteiger partial charge < -0.3 is 10.1 Å². The number of sulfonamides is 1. The smallest absolute Gasteiger partial charge is 0.255 e. The van der Waals surface area contributed by atoms with Crippen LogP contribution in [0.15, 0.2) is 71.6 Å². The molecule has 5 rings (SSSR count). The lowest BCUT2D eigenvalue weighted by atomic mass is 10.0. The zero-order chi connectivity index (χ0) is 24.0. The molecular weight excluding hydrogens is 452 g/mol. The number of carbonyl (C=O) groups is 2. The van der Waals surface area contributed by atoms with Gasteiger partial charge in [0.2, 0.25) is 10.0 Å². The number of anilines is 1. The molecule has 2 aliphatic rings. The van der Waals surface area contributed by atoms with Crippen LogP contribution in [0.2, 0.25) is 0 Å². The number of amides is 1. The Morgan fingerprint density at radius 3 is 2.18 bits per heavy atom.